The molecule has 178 valence electrons. The Labute approximate surface area is 194 Å². The smallest absolute Gasteiger partial charge is 0.243 e. The van der Waals surface area contributed by atoms with E-state index in [1.807, 2.05) is 19.9 Å². The highest BCUT2D eigenvalue weighted by Gasteiger charge is 2.24. The molecule has 1 amide bonds. The Hall–Kier alpha value is -3.04. The van der Waals surface area contributed by atoms with Gasteiger partial charge in [-0.15, -0.1) is 0 Å². The predicted octanol–water partition coefficient (Wildman–Crippen LogP) is 4.44. The van der Waals surface area contributed by atoms with Crippen LogP contribution in [0.25, 0.3) is 11.0 Å². The van der Waals surface area contributed by atoms with E-state index in [0.717, 1.165) is 5.39 Å². The van der Waals surface area contributed by atoms with Crippen molar-refractivity contribution in [2.45, 2.75) is 45.1 Å². The molecule has 0 radical (unpaired) electrons. The first-order valence-electron chi connectivity index (χ1n) is 10.8. The number of amides is 1. The van der Waals surface area contributed by atoms with Gasteiger partial charge in [-0.2, -0.15) is 4.31 Å². The van der Waals surface area contributed by atoms with Crippen molar-refractivity contribution in [1.82, 2.24) is 4.31 Å². The first-order valence-corrected chi connectivity index (χ1v) is 12.3. The zero-order chi connectivity index (χ0) is 24.2. The molecule has 8 nitrogen and oxygen atoms in total. The summed E-state index contributed by atoms with van der Waals surface area (Å²) in [6.07, 6.45) is 1.43. The van der Waals surface area contributed by atoms with Crippen LogP contribution in [-0.4, -0.2) is 44.9 Å². The average Bonchev–Trinajstić information content (AvgIpc) is 3.16. The molecule has 0 atom stereocenters. The van der Waals surface area contributed by atoms with Gasteiger partial charge in [0, 0.05) is 30.1 Å². The van der Waals surface area contributed by atoms with E-state index in [1.165, 1.54) is 22.7 Å². The summed E-state index contributed by atoms with van der Waals surface area (Å²) in [6, 6.07) is 9.91. The molecule has 1 aromatic heterocycles. The second-order valence-electron chi connectivity index (χ2n) is 7.76. The van der Waals surface area contributed by atoms with E-state index in [-0.39, 0.29) is 23.3 Å². The standard InChI is InChI=1S/C24H30N2O6S/c1-6-26(7-2)33(28,29)19-9-11-22(32-16(3)4)21(14-19)25-24(27)12-17-15-31-23-13-18(30-5)8-10-20(17)23/h8-11,13-16H,6-7,12H2,1-5H3,(H,25,27). The summed E-state index contributed by atoms with van der Waals surface area (Å²) < 4.78 is 43.9. The number of hydrogen-bond donors (Lipinski definition) is 1. The molecule has 0 bridgehead atoms. The fourth-order valence-electron chi connectivity index (χ4n) is 3.53. The fraction of sp³-hybridized carbons (Fsp3) is 0.375. The van der Waals surface area contributed by atoms with Crippen LogP contribution < -0.4 is 14.8 Å². The Bertz CT molecular complexity index is 1230. The number of nitrogens with zero attached hydrogens (tertiary/aromatic N) is 1. The topological polar surface area (TPSA) is 98.1 Å². The molecule has 1 heterocycles. The van der Waals surface area contributed by atoms with Crippen molar-refractivity contribution in [1.29, 1.82) is 0 Å². The summed E-state index contributed by atoms with van der Waals surface area (Å²) >= 11 is 0. The van der Waals surface area contributed by atoms with Gasteiger partial charge in [-0.05, 0) is 44.2 Å². The maximum atomic E-state index is 13.0. The predicted molar refractivity (Wildman–Crippen MR) is 127 cm³/mol. The summed E-state index contributed by atoms with van der Waals surface area (Å²) in [6.45, 7) is 7.98. The van der Waals surface area contributed by atoms with E-state index in [9.17, 15) is 13.2 Å². The van der Waals surface area contributed by atoms with Gasteiger partial charge in [-0.1, -0.05) is 13.8 Å². The van der Waals surface area contributed by atoms with E-state index in [0.29, 0.717) is 41.4 Å². The number of methoxy groups -OCH3 is 1. The number of carbonyl (C=O) groups excluding carboxylic acids is 1. The Morgan fingerprint density at radius 2 is 1.85 bits per heavy atom. The van der Waals surface area contributed by atoms with E-state index in [1.54, 1.807) is 39.2 Å². The van der Waals surface area contributed by atoms with Gasteiger partial charge in [0.25, 0.3) is 0 Å². The first-order chi connectivity index (χ1) is 15.7. The number of hydrogen-bond acceptors (Lipinski definition) is 6. The minimum absolute atomic E-state index is 0.0491. The number of furan rings is 1. The Morgan fingerprint density at radius 3 is 2.48 bits per heavy atom. The molecular formula is C24H30N2O6S. The highest BCUT2D eigenvalue weighted by molar-refractivity contribution is 7.89. The van der Waals surface area contributed by atoms with Crippen LogP contribution in [-0.2, 0) is 21.2 Å². The van der Waals surface area contributed by atoms with Crippen molar-refractivity contribution >= 4 is 32.6 Å². The van der Waals surface area contributed by atoms with Crippen molar-refractivity contribution in [2.75, 3.05) is 25.5 Å². The lowest BCUT2D eigenvalue weighted by atomic mass is 10.1. The number of carbonyl (C=O) groups is 1. The number of fused-ring (bicyclic) bond motifs is 1. The van der Waals surface area contributed by atoms with Crippen LogP contribution in [0.4, 0.5) is 5.69 Å². The second kappa shape index (κ2) is 10.3. The summed E-state index contributed by atoms with van der Waals surface area (Å²) in [7, 11) is -2.12. The van der Waals surface area contributed by atoms with Gasteiger partial charge in [-0.25, -0.2) is 8.42 Å². The van der Waals surface area contributed by atoms with Gasteiger partial charge < -0.3 is 19.2 Å². The summed E-state index contributed by atoms with van der Waals surface area (Å²) in [5.74, 6) is 0.743. The molecule has 3 aromatic rings. The number of ether oxygens (including phenoxy) is 2. The van der Waals surface area contributed by atoms with E-state index in [2.05, 4.69) is 5.32 Å². The zero-order valence-electron chi connectivity index (χ0n) is 19.5. The monoisotopic (exact) mass is 474 g/mol. The number of anilines is 1. The molecule has 0 aliphatic heterocycles. The maximum absolute atomic E-state index is 13.0. The molecule has 2 aromatic carbocycles. The van der Waals surface area contributed by atoms with Gasteiger partial charge in [-0.3, -0.25) is 4.79 Å². The number of nitrogens with one attached hydrogen (secondary N) is 1. The lowest BCUT2D eigenvalue weighted by molar-refractivity contribution is -0.115. The molecule has 33 heavy (non-hydrogen) atoms. The Balaban J connectivity index is 1.89. The Morgan fingerprint density at radius 1 is 1.12 bits per heavy atom. The van der Waals surface area contributed by atoms with E-state index >= 15 is 0 Å². The van der Waals surface area contributed by atoms with Crippen LogP contribution in [0, 0.1) is 0 Å². The van der Waals surface area contributed by atoms with Gasteiger partial charge in [0.2, 0.25) is 15.9 Å². The minimum Gasteiger partial charge on any atom is -0.497 e. The lowest BCUT2D eigenvalue weighted by Crippen LogP contribution is -2.30. The summed E-state index contributed by atoms with van der Waals surface area (Å²) in [4.78, 5) is 13.0. The highest BCUT2D eigenvalue weighted by atomic mass is 32.2. The normalized spacial score (nSPS) is 11.8. The molecule has 9 heteroatoms. The number of rotatable bonds is 10. The van der Waals surface area contributed by atoms with Crippen LogP contribution in [0.3, 0.4) is 0 Å². The average molecular weight is 475 g/mol. The quantitative estimate of drug-likeness (QED) is 0.466. The van der Waals surface area contributed by atoms with Crippen molar-refractivity contribution < 1.29 is 27.1 Å². The SMILES string of the molecule is CCN(CC)S(=O)(=O)c1ccc(OC(C)C)c(NC(=O)Cc2coc3cc(OC)ccc23)c1. The third-order valence-electron chi connectivity index (χ3n) is 5.14. The van der Waals surface area contributed by atoms with Crippen LogP contribution >= 0.6 is 0 Å². The second-order valence-corrected chi connectivity index (χ2v) is 9.70. The number of sulfonamides is 1. The highest BCUT2D eigenvalue weighted by Crippen LogP contribution is 2.31. The van der Waals surface area contributed by atoms with E-state index < -0.39 is 10.0 Å². The zero-order valence-corrected chi connectivity index (χ0v) is 20.4. The molecule has 0 spiro atoms. The first kappa shape index (κ1) is 24.6. The molecule has 1 N–H and O–H groups in total. The maximum Gasteiger partial charge on any atom is 0.243 e. The third-order valence-corrected chi connectivity index (χ3v) is 7.19. The Kier molecular flexibility index (Phi) is 7.65. The van der Waals surface area contributed by atoms with Crippen molar-refractivity contribution in [3.05, 3.63) is 48.2 Å². The molecule has 0 aliphatic rings. The fourth-order valence-corrected chi connectivity index (χ4v) is 5.02. The summed E-state index contributed by atoms with van der Waals surface area (Å²) in [5.41, 5.74) is 1.63. The molecular weight excluding hydrogens is 444 g/mol. The molecule has 3 rings (SSSR count). The van der Waals surface area contributed by atoms with Crippen LogP contribution in [0.15, 0.2) is 52.0 Å². The van der Waals surface area contributed by atoms with Gasteiger partial charge in [0.1, 0.15) is 17.1 Å². The van der Waals surface area contributed by atoms with Crippen molar-refractivity contribution in [2.24, 2.45) is 0 Å². The van der Waals surface area contributed by atoms with Crippen LogP contribution in [0.5, 0.6) is 11.5 Å². The molecule has 0 aliphatic carbocycles. The van der Waals surface area contributed by atoms with Crippen LogP contribution in [0.1, 0.15) is 33.3 Å². The lowest BCUT2D eigenvalue weighted by Gasteiger charge is -2.20. The minimum atomic E-state index is -3.69. The largest absolute Gasteiger partial charge is 0.497 e. The third kappa shape index (κ3) is 5.48. The van der Waals surface area contributed by atoms with Gasteiger partial charge >= 0.3 is 0 Å². The number of benzene rings is 2. The van der Waals surface area contributed by atoms with Gasteiger partial charge in [0.15, 0.2) is 0 Å². The summed E-state index contributed by atoms with van der Waals surface area (Å²) in [5, 5.41) is 3.62. The molecule has 0 unspecified atom stereocenters. The van der Waals surface area contributed by atoms with Crippen LogP contribution in [0.2, 0.25) is 0 Å². The molecule has 0 saturated heterocycles. The van der Waals surface area contributed by atoms with Crippen molar-refractivity contribution in [3.63, 3.8) is 0 Å². The van der Waals surface area contributed by atoms with E-state index in [4.69, 9.17) is 13.9 Å². The van der Waals surface area contributed by atoms with Crippen molar-refractivity contribution in [3.8, 4) is 11.5 Å². The van der Waals surface area contributed by atoms with Gasteiger partial charge in [0.05, 0.1) is 36.5 Å². The molecule has 0 saturated carbocycles. The molecule has 0 fully saturated rings.